The lowest BCUT2D eigenvalue weighted by molar-refractivity contribution is -0.385. The number of nitrogens with zero attached hydrogens (tertiary/aromatic N) is 5. The van der Waals surface area contributed by atoms with Crippen LogP contribution in [0, 0.1) is 15.9 Å². The maximum absolute atomic E-state index is 14.7. The Balaban J connectivity index is 1.68. The molecule has 2 aromatic rings. The summed E-state index contributed by atoms with van der Waals surface area (Å²) in [7, 11) is 1.64. The maximum Gasteiger partial charge on any atom is 0.414 e. The summed E-state index contributed by atoms with van der Waals surface area (Å²) in [5.41, 5.74) is 0.425. The van der Waals surface area contributed by atoms with Crippen LogP contribution in [0.3, 0.4) is 0 Å². The molecule has 1 amide bonds. The third-order valence-corrected chi connectivity index (χ3v) is 4.53. The van der Waals surface area contributed by atoms with E-state index in [4.69, 9.17) is 17.0 Å². The topological polar surface area (TPSA) is 114 Å². The van der Waals surface area contributed by atoms with Gasteiger partial charge in [-0.25, -0.2) is 19.2 Å². The molecule has 30 heavy (non-hydrogen) atoms. The number of rotatable bonds is 7. The molecule has 3 rings (SSSR count). The van der Waals surface area contributed by atoms with E-state index in [1.54, 1.807) is 24.9 Å². The van der Waals surface area contributed by atoms with Gasteiger partial charge in [-0.1, -0.05) is 12.2 Å². The van der Waals surface area contributed by atoms with Gasteiger partial charge in [-0.2, -0.15) is 0 Å². The van der Waals surface area contributed by atoms with E-state index < -0.39 is 16.8 Å². The van der Waals surface area contributed by atoms with Crippen LogP contribution in [0.25, 0.3) is 0 Å². The average molecular weight is 434 g/mol. The number of halogens is 1. The third-order valence-electron chi connectivity index (χ3n) is 4.39. The van der Waals surface area contributed by atoms with E-state index in [0.717, 1.165) is 12.4 Å². The van der Waals surface area contributed by atoms with E-state index in [0.29, 0.717) is 23.0 Å². The molecule has 0 unspecified atom stereocenters. The molecule has 1 fully saturated rings. The Morgan fingerprint density at radius 2 is 2.17 bits per heavy atom. The molecule has 1 aromatic heterocycles. The zero-order valence-corrected chi connectivity index (χ0v) is 17.1. The van der Waals surface area contributed by atoms with Gasteiger partial charge >= 0.3 is 11.8 Å². The minimum Gasteiger partial charge on any atom is -0.442 e. The van der Waals surface area contributed by atoms with Gasteiger partial charge in [-0.05, 0) is 25.1 Å². The van der Waals surface area contributed by atoms with E-state index in [1.165, 1.54) is 17.0 Å². The number of nitro groups is 1. The van der Waals surface area contributed by atoms with Crippen LogP contribution in [0.2, 0.25) is 0 Å². The Morgan fingerprint density at radius 1 is 1.47 bits per heavy atom. The summed E-state index contributed by atoms with van der Waals surface area (Å²) in [6, 6.07) is 4.41. The maximum atomic E-state index is 14.7. The summed E-state index contributed by atoms with van der Waals surface area (Å²) in [6.07, 6.45) is 1.26. The molecule has 0 radical (unpaired) electrons. The van der Waals surface area contributed by atoms with E-state index in [2.05, 4.69) is 15.3 Å². The molecule has 0 aliphatic carbocycles. The largest absolute Gasteiger partial charge is 0.442 e. The van der Waals surface area contributed by atoms with Crippen molar-refractivity contribution in [2.75, 3.05) is 29.9 Å². The smallest absolute Gasteiger partial charge is 0.414 e. The minimum absolute atomic E-state index is 0.144. The number of carbonyl (C=O) groups excluding carboxylic acids is 1. The van der Waals surface area contributed by atoms with Gasteiger partial charge in [0.1, 0.15) is 30.1 Å². The number of nitrogens with one attached hydrogen (secondary N) is 1. The molecule has 10 nitrogen and oxygen atoms in total. The third kappa shape index (κ3) is 4.95. The van der Waals surface area contributed by atoms with Gasteiger partial charge in [0.2, 0.25) is 0 Å². The van der Waals surface area contributed by atoms with Crippen molar-refractivity contribution in [1.82, 2.24) is 15.3 Å². The molecule has 1 N–H and O–H groups in total. The summed E-state index contributed by atoms with van der Waals surface area (Å²) in [5.74, 6) is -0.236. The Labute approximate surface area is 176 Å². The average Bonchev–Trinajstić information content (AvgIpc) is 3.07. The van der Waals surface area contributed by atoms with Crippen molar-refractivity contribution in [1.29, 1.82) is 0 Å². The Kier molecular flexibility index (Phi) is 6.35. The monoisotopic (exact) mass is 434 g/mol. The molecule has 158 valence electrons. The summed E-state index contributed by atoms with van der Waals surface area (Å²) in [4.78, 5) is 33.6. The molecule has 1 aliphatic rings. The molecule has 1 atom stereocenters. The van der Waals surface area contributed by atoms with Crippen LogP contribution in [0.1, 0.15) is 12.7 Å². The van der Waals surface area contributed by atoms with E-state index in [9.17, 15) is 19.3 Å². The molecule has 1 saturated heterocycles. The lowest BCUT2D eigenvalue weighted by atomic mass is 10.2. The molecule has 2 heterocycles. The SMILES string of the molecule is CC(=S)NC[C@H]1CN(c2ccc(N(C)Cc3ncc([N+](=O)[O-])cn3)c(F)c2)C(=O)O1. The quantitative estimate of drug-likeness (QED) is 0.399. The fourth-order valence-electron chi connectivity index (χ4n) is 2.89. The predicted octanol–water partition coefficient (Wildman–Crippen LogP) is 2.42. The van der Waals surface area contributed by atoms with Gasteiger partial charge in [0, 0.05) is 7.05 Å². The highest BCUT2D eigenvalue weighted by Crippen LogP contribution is 2.28. The van der Waals surface area contributed by atoms with Crippen molar-refractivity contribution in [3.05, 3.63) is 52.3 Å². The standard InChI is InChI=1S/C18H19FN6O4S/c1-11(30)20-8-14-9-24(18(26)29-14)12-3-4-16(15(19)5-12)23(2)10-17-21-6-13(7-22-17)25(27)28/h3-7,14H,8-10H2,1-2H3,(H,20,30)/t14-/m0/s1. The lowest BCUT2D eigenvalue weighted by Crippen LogP contribution is -2.32. The number of benzene rings is 1. The van der Waals surface area contributed by atoms with Crippen molar-refractivity contribution in [2.24, 2.45) is 0 Å². The van der Waals surface area contributed by atoms with Crippen molar-refractivity contribution in [2.45, 2.75) is 19.6 Å². The van der Waals surface area contributed by atoms with Crippen LogP contribution in [0.5, 0.6) is 0 Å². The first kappa shape index (κ1) is 21.3. The fraction of sp³-hybridized carbons (Fsp3) is 0.333. The van der Waals surface area contributed by atoms with Crippen LogP contribution in [0.4, 0.5) is 26.2 Å². The predicted molar refractivity (Wildman–Crippen MR) is 111 cm³/mol. The highest BCUT2D eigenvalue weighted by atomic mass is 32.1. The Morgan fingerprint density at radius 3 is 2.77 bits per heavy atom. The molecule has 1 aliphatic heterocycles. The summed E-state index contributed by atoms with van der Waals surface area (Å²) in [6.45, 7) is 2.54. The highest BCUT2D eigenvalue weighted by Gasteiger charge is 2.32. The first-order chi connectivity index (χ1) is 14.2. The normalized spacial score (nSPS) is 15.6. The molecule has 0 bridgehead atoms. The second kappa shape index (κ2) is 8.95. The molecule has 0 saturated carbocycles. The molecule has 1 aromatic carbocycles. The van der Waals surface area contributed by atoms with Crippen molar-refractivity contribution in [3.63, 3.8) is 0 Å². The zero-order valence-electron chi connectivity index (χ0n) is 16.2. The zero-order chi connectivity index (χ0) is 21.8. The van der Waals surface area contributed by atoms with Crippen molar-refractivity contribution >= 4 is 40.4 Å². The second-order valence-electron chi connectivity index (χ2n) is 6.66. The Hall–Kier alpha value is -3.41. The number of hydrogen-bond acceptors (Lipinski definition) is 8. The number of hydrogen-bond donors (Lipinski definition) is 1. The van der Waals surface area contributed by atoms with E-state index >= 15 is 0 Å². The molecular formula is C18H19FN6O4S. The number of carbonyl (C=O) groups is 1. The lowest BCUT2D eigenvalue weighted by Gasteiger charge is -2.21. The molecular weight excluding hydrogens is 415 g/mol. The van der Waals surface area contributed by atoms with Gasteiger partial charge < -0.3 is 15.0 Å². The van der Waals surface area contributed by atoms with Crippen LogP contribution >= 0.6 is 12.2 Å². The number of cyclic esters (lactones) is 1. The number of anilines is 2. The number of thiocarbonyl (C=S) groups is 1. The highest BCUT2D eigenvalue weighted by molar-refractivity contribution is 7.80. The van der Waals surface area contributed by atoms with Gasteiger partial charge in [-0.3, -0.25) is 15.0 Å². The van der Waals surface area contributed by atoms with Crippen LogP contribution < -0.4 is 15.1 Å². The van der Waals surface area contributed by atoms with E-state index in [-0.39, 0.29) is 30.6 Å². The first-order valence-electron chi connectivity index (χ1n) is 8.93. The van der Waals surface area contributed by atoms with Crippen LogP contribution in [-0.4, -0.2) is 52.2 Å². The fourth-order valence-corrected chi connectivity index (χ4v) is 2.97. The number of aromatic nitrogens is 2. The first-order valence-corrected chi connectivity index (χ1v) is 9.34. The van der Waals surface area contributed by atoms with Gasteiger partial charge in [0.15, 0.2) is 0 Å². The number of ether oxygens (including phenoxy) is 1. The van der Waals surface area contributed by atoms with Crippen molar-refractivity contribution in [3.8, 4) is 0 Å². The van der Waals surface area contributed by atoms with Gasteiger partial charge in [-0.15, -0.1) is 0 Å². The minimum atomic E-state index is -0.591. The summed E-state index contributed by atoms with van der Waals surface area (Å²) >= 11 is 4.94. The molecule has 0 spiro atoms. The summed E-state index contributed by atoms with van der Waals surface area (Å²) < 4.78 is 20.0. The van der Waals surface area contributed by atoms with Crippen molar-refractivity contribution < 1.29 is 18.8 Å². The van der Waals surface area contributed by atoms with E-state index in [1.807, 2.05) is 0 Å². The number of amides is 1. The Bertz CT molecular complexity index is 974. The van der Waals surface area contributed by atoms with Gasteiger partial charge in [0.25, 0.3) is 0 Å². The van der Waals surface area contributed by atoms with Crippen LogP contribution in [0.15, 0.2) is 30.6 Å². The molecule has 12 heteroatoms. The van der Waals surface area contributed by atoms with Gasteiger partial charge in [0.05, 0.1) is 40.9 Å². The second-order valence-corrected chi connectivity index (χ2v) is 7.27. The summed E-state index contributed by atoms with van der Waals surface area (Å²) in [5, 5.41) is 13.6. The van der Waals surface area contributed by atoms with Crippen LogP contribution in [-0.2, 0) is 11.3 Å².